The Morgan fingerprint density at radius 1 is 0.302 bits per heavy atom. The lowest BCUT2D eigenvalue weighted by molar-refractivity contribution is -0.151. The molecule has 0 bridgehead atoms. The van der Waals surface area contributed by atoms with E-state index in [1.165, 1.54) is 116 Å². The molecule has 0 rings (SSSR count). The minimum Gasteiger partial charge on any atom is -0.462 e. The van der Waals surface area contributed by atoms with Gasteiger partial charge in [0, 0.05) is 64.5 Å². The molecular weight excluding hydrogens is 1520 g/mol. The maximum absolute atomic E-state index is 13.2. The summed E-state index contributed by atoms with van der Waals surface area (Å²) < 4.78 is 71.2. The fourth-order valence-corrected chi connectivity index (χ4v) is 14.8. The standard InChI is InChI=1S/C90H168N4O20P2/c1-7-13-19-25-29-33-37-43-49-57-81(95)73-87(99)93-79(75-107-69-65-83(59-51-41-23-17-11-5)113-89(101)63-55-45-39-35-31-27-21-15-9-3)77-111-115(103,104)109-71-67-91-85(97)61-53-47-48-54-62-86(98)92-68-72-110-116(105,106)112-78-80(94-88(100)74-82(96)58-50-44-38-34-30-26-20-14-8-2)76-108-70-66-84(60-52-42-24-18-12-6)114-90(102)64-56-46-40-36-32-28-22-16-10-4/h35-36,39-40,79-80,83-84H,7-34,37-38,41-78H2,1-6H3,(H,91,97)(H,92,98)(H,93,99)(H,94,100)(H,103,104)(H,105,106)/b39-35-,40-36-/t79?,80?,83-,84-/m1/s1. The van der Waals surface area contributed by atoms with E-state index < -0.39 is 52.8 Å². The first-order valence-electron chi connectivity index (χ1n) is 46.4. The molecule has 4 amide bonds. The number of phosphoric acid groups is 2. The summed E-state index contributed by atoms with van der Waals surface area (Å²) >= 11 is 0. The third kappa shape index (κ3) is 78.3. The smallest absolute Gasteiger partial charge is 0.462 e. The molecule has 116 heavy (non-hydrogen) atoms. The zero-order valence-electron chi connectivity index (χ0n) is 73.8. The fraction of sp³-hybridized carbons (Fsp3) is 0.867. The van der Waals surface area contributed by atoms with E-state index >= 15 is 0 Å². The van der Waals surface area contributed by atoms with Gasteiger partial charge in [-0.3, -0.25) is 56.5 Å². The number of hydrogen-bond acceptors (Lipinski definition) is 18. The van der Waals surface area contributed by atoms with Crippen LogP contribution in [0.1, 0.15) is 414 Å². The Morgan fingerprint density at radius 2 is 0.586 bits per heavy atom. The molecule has 0 aromatic heterocycles. The average molecular weight is 1690 g/mol. The average Bonchev–Trinajstić information content (AvgIpc) is 0.904. The Labute approximate surface area is 703 Å². The molecule has 0 aromatic rings. The number of hydrogen-bond donors (Lipinski definition) is 6. The van der Waals surface area contributed by atoms with Crippen LogP contribution in [0.15, 0.2) is 24.3 Å². The second-order valence-electron chi connectivity index (χ2n) is 31.7. The fourth-order valence-electron chi connectivity index (χ4n) is 13.3. The maximum atomic E-state index is 13.2. The number of Topliss-reactive ketones (excluding diaryl/α,β-unsaturated/α-hetero) is 2. The van der Waals surface area contributed by atoms with Crippen LogP contribution in [0.3, 0.4) is 0 Å². The van der Waals surface area contributed by atoms with Crippen molar-refractivity contribution in [3.8, 4) is 0 Å². The number of carbonyl (C=O) groups is 8. The number of amides is 4. The van der Waals surface area contributed by atoms with Crippen molar-refractivity contribution in [3.63, 3.8) is 0 Å². The van der Waals surface area contributed by atoms with E-state index in [2.05, 4.69) is 87.1 Å². The Hall–Kier alpha value is -4.22. The number of nitrogens with one attached hydrogen (secondary N) is 4. The Morgan fingerprint density at radius 3 is 0.914 bits per heavy atom. The summed E-state index contributed by atoms with van der Waals surface area (Å²) in [7, 11) is -9.42. The van der Waals surface area contributed by atoms with Crippen LogP contribution in [0.5, 0.6) is 0 Å². The van der Waals surface area contributed by atoms with Gasteiger partial charge >= 0.3 is 27.6 Å². The molecule has 6 atom stereocenters. The summed E-state index contributed by atoms with van der Waals surface area (Å²) in [6, 6.07) is -1.88. The van der Waals surface area contributed by atoms with Gasteiger partial charge in [0.2, 0.25) is 23.6 Å². The second kappa shape index (κ2) is 81.8. The van der Waals surface area contributed by atoms with E-state index in [1.54, 1.807) is 0 Å². The number of ether oxygens (including phenoxy) is 4. The topological polar surface area (TPSA) is 333 Å². The molecule has 0 aromatic carbocycles. The van der Waals surface area contributed by atoms with E-state index in [9.17, 15) is 57.3 Å². The number of rotatable bonds is 89. The van der Waals surface area contributed by atoms with Crippen molar-refractivity contribution in [2.45, 2.75) is 438 Å². The molecular formula is C90H168N4O20P2. The summed E-state index contributed by atoms with van der Waals surface area (Å²) in [5.74, 6) is -2.70. The molecule has 0 saturated carbocycles. The van der Waals surface area contributed by atoms with Crippen molar-refractivity contribution in [2.75, 3.05) is 65.9 Å². The monoisotopic (exact) mass is 1690 g/mol. The number of phosphoric ester groups is 2. The third-order valence-electron chi connectivity index (χ3n) is 20.3. The Balaban J connectivity index is 5.36. The lowest BCUT2D eigenvalue weighted by atomic mass is 10.0. The molecule has 0 spiro atoms. The predicted molar refractivity (Wildman–Crippen MR) is 465 cm³/mol. The van der Waals surface area contributed by atoms with Gasteiger partial charge in [0.15, 0.2) is 0 Å². The largest absolute Gasteiger partial charge is 0.472 e. The number of unbranched alkanes of at least 4 members (excludes halogenated alkanes) is 37. The van der Waals surface area contributed by atoms with E-state index in [4.69, 9.17) is 37.0 Å². The van der Waals surface area contributed by atoms with Crippen molar-refractivity contribution < 1.29 is 94.3 Å². The predicted octanol–water partition coefficient (Wildman–Crippen LogP) is 21.3. The first-order chi connectivity index (χ1) is 56.2. The lowest BCUT2D eigenvalue weighted by Crippen LogP contribution is -2.42. The van der Waals surface area contributed by atoms with Crippen LogP contribution in [0.25, 0.3) is 0 Å². The van der Waals surface area contributed by atoms with Gasteiger partial charge in [-0.1, -0.05) is 271 Å². The van der Waals surface area contributed by atoms with Crippen molar-refractivity contribution in [1.82, 2.24) is 21.3 Å². The van der Waals surface area contributed by atoms with Gasteiger partial charge in [0.25, 0.3) is 0 Å². The summed E-state index contributed by atoms with van der Waals surface area (Å²) in [6.45, 7) is 11.3. The zero-order chi connectivity index (χ0) is 85.3. The first kappa shape index (κ1) is 112. The molecule has 26 heteroatoms. The SMILES string of the molecule is CCCCCC/C=C\CCCC(=O)O[C@H](CCCCCCC)CCOCC(COP(=O)(O)OCCNC(=O)CCCCCCC(=O)NCCOP(=O)(O)OCC(COCC[C@@H](CCCCCCC)OC(=O)CCC/C=C\CCCCCC)NC(=O)CC(=O)CCCCCCCCCCC)NC(=O)CC(=O)CCCCCCCCCCC. The van der Waals surface area contributed by atoms with Crippen LogP contribution in [0.2, 0.25) is 0 Å². The van der Waals surface area contributed by atoms with Crippen molar-refractivity contribution in [1.29, 1.82) is 0 Å². The van der Waals surface area contributed by atoms with Crippen LogP contribution in [0.4, 0.5) is 0 Å². The molecule has 0 heterocycles. The van der Waals surface area contributed by atoms with Crippen LogP contribution in [-0.4, -0.2) is 147 Å². The molecule has 678 valence electrons. The number of esters is 2. The molecule has 24 nitrogen and oxygen atoms in total. The minimum atomic E-state index is -4.71. The molecule has 0 aliphatic heterocycles. The van der Waals surface area contributed by atoms with Gasteiger partial charge in [0.1, 0.15) is 23.8 Å². The molecule has 0 fully saturated rings. The molecule has 4 unspecified atom stereocenters. The van der Waals surface area contributed by atoms with Gasteiger partial charge in [-0.25, -0.2) is 9.13 Å². The molecule has 6 N–H and O–H groups in total. The highest BCUT2D eigenvalue weighted by Crippen LogP contribution is 2.44. The molecule has 0 aliphatic rings. The van der Waals surface area contributed by atoms with E-state index in [-0.39, 0.29) is 139 Å². The van der Waals surface area contributed by atoms with Crippen LogP contribution >= 0.6 is 15.6 Å². The first-order valence-corrected chi connectivity index (χ1v) is 49.4. The van der Waals surface area contributed by atoms with Gasteiger partial charge in [-0.2, -0.15) is 0 Å². The summed E-state index contributed by atoms with van der Waals surface area (Å²) in [6.07, 6.45) is 58.0. The second-order valence-corrected chi connectivity index (χ2v) is 34.6. The maximum Gasteiger partial charge on any atom is 0.472 e. The number of carbonyl (C=O) groups excluding carboxylic acids is 8. The van der Waals surface area contributed by atoms with Crippen LogP contribution < -0.4 is 21.3 Å². The summed E-state index contributed by atoms with van der Waals surface area (Å²) in [4.78, 5) is 125. The lowest BCUT2D eigenvalue weighted by Gasteiger charge is -2.22. The van der Waals surface area contributed by atoms with Crippen molar-refractivity contribution in [3.05, 3.63) is 24.3 Å². The van der Waals surface area contributed by atoms with E-state index in [1.807, 2.05) is 0 Å². The van der Waals surface area contributed by atoms with Crippen LogP contribution in [0, 0.1) is 0 Å². The Kier molecular flexibility index (Phi) is 78.8. The highest BCUT2D eigenvalue weighted by atomic mass is 31.2. The number of ketones is 2. The summed E-state index contributed by atoms with van der Waals surface area (Å²) in [5.41, 5.74) is 0. The van der Waals surface area contributed by atoms with Crippen molar-refractivity contribution >= 4 is 62.8 Å². The van der Waals surface area contributed by atoms with Crippen molar-refractivity contribution in [2.24, 2.45) is 0 Å². The molecule has 0 aliphatic carbocycles. The van der Waals surface area contributed by atoms with Gasteiger partial charge in [0.05, 0.1) is 77.8 Å². The quantitative estimate of drug-likeness (QED) is 0.0108. The van der Waals surface area contributed by atoms with Crippen LogP contribution in [-0.2, 0) is 84.5 Å². The Bertz CT molecular complexity index is 2410. The normalized spacial score (nSPS) is 13.8. The molecule has 0 saturated heterocycles. The van der Waals surface area contributed by atoms with Gasteiger partial charge in [-0.15, -0.1) is 0 Å². The third-order valence-corrected chi connectivity index (χ3v) is 22.3. The highest BCUT2D eigenvalue weighted by Gasteiger charge is 2.28. The summed E-state index contributed by atoms with van der Waals surface area (Å²) in [5, 5.41) is 10.8. The van der Waals surface area contributed by atoms with E-state index in [0.717, 1.165) is 128 Å². The van der Waals surface area contributed by atoms with Gasteiger partial charge < -0.3 is 50.0 Å². The minimum absolute atomic E-state index is 0.101. The highest BCUT2D eigenvalue weighted by molar-refractivity contribution is 7.47. The molecule has 0 radical (unpaired) electrons. The number of allylic oxidation sites excluding steroid dienone is 4. The van der Waals surface area contributed by atoms with Gasteiger partial charge in [-0.05, 0) is 103 Å². The van der Waals surface area contributed by atoms with E-state index in [0.29, 0.717) is 89.9 Å². The zero-order valence-corrected chi connectivity index (χ0v) is 75.6.